The van der Waals surface area contributed by atoms with Crippen LogP contribution in [0.1, 0.15) is 29.6 Å². The molecule has 1 aromatic carbocycles. The number of nitrogens with one attached hydrogen (secondary N) is 1. The number of thiocarbonyl (C=S) groups is 1. The first-order valence-electron chi connectivity index (χ1n) is 6.07. The normalized spacial score (nSPS) is 22.2. The molecule has 6 heteroatoms. The Morgan fingerprint density at radius 1 is 1.47 bits per heavy atom. The maximum atomic E-state index is 12.1. The lowest BCUT2D eigenvalue weighted by molar-refractivity contribution is 0.0931. The van der Waals surface area contributed by atoms with Crippen molar-refractivity contribution in [2.45, 2.75) is 25.3 Å². The van der Waals surface area contributed by atoms with Gasteiger partial charge in [0.05, 0.1) is 10.6 Å². The smallest absolute Gasteiger partial charge is 0.255 e. The molecule has 1 fully saturated rings. The van der Waals surface area contributed by atoms with Crippen LogP contribution in [0.4, 0.5) is 0 Å². The summed E-state index contributed by atoms with van der Waals surface area (Å²) in [6.45, 7) is 0. The third kappa shape index (κ3) is 3.25. The number of carbonyl (C=O) groups is 1. The Bertz CT molecular complexity index is 521. The maximum Gasteiger partial charge on any atom is 0.255 e. The van der Waals surface area contributed by atoms with Gasteiger partial charge in [-0.25, -0.2) is 0 Å². The fourth-order valence-electron chi connectivity index (χ4n) is 2.42. The maximum absolute atomic E-state index is 12.1. The third-order valence-corrected chi connectivity index (χ3v) is 4.20. The van der Waals surface area contributed by atoms with Gasteiger partial charge < -0.3 is 16.2 Å². The number of amides is 1. The zero-order valence-corrected chi connectivity index (χ0v) is 12.6. The van der Waals surface area contributed by atoms with E-state index in [9.17, 15) is 9.90 Å². The average Bonchev–Trinajstić information content (AvgIpc) is 2.76. The van der Waals surface area contributed by atoms with E-state index in [1.54, 1.807) is 12.1 Å². The van der Waals surface area contributed by atoms with Crippen molar-refractivity contribution in [2.24, 2.45) is 11.7 Å². The molecule has 0 aliphatic heterocycles. The van der Waals surface area contributed by atoms with Crippen LogP contribution < -0.4 is 11.1 Å². The van der Waals surface area contributed by atoms with E-state index in [2.05, 4.69) is 21.2 Å². The molecule has 4 nitrogen and oxygen atoms in total. The van der Waals surface area contributed by atoms with E-state index in [0.29, 0.717) is 4.99 Å². The predicted molar refractivity (Wildman–Crippen MR) is 81.2 cm³/mol. The molecule has 1 saturated carbocycles. The molecule has 102 valence electrons. The quantitative estimate of drug-likeness (QED) is 0.737. The summed E-state index contributed by atoms with van der Waals surface area (Å²) in [5.41, 5.74) is 5.94. The number of aromatic hydroxyl groups is 1. The molecule has 0 spiro atoms. The summed E-state index contributed by atoms with van der Waals surface area (Å²) in [4.78, 5) is 12.6. The number of nitrogens with two attached hydrogens (primary N) is 1. The molecule has 0 heterocycles. The standard InChI is InChI=1S/C13H15BrN2O2S/c14-7-4-5-9(11(17)6-7)13(18)16-10-3-1-2-8(10)12(15)19/h4-6,8,10,17H,1-3H2,(H2,15,19)(H,16,18). The summed E-state index contributed by atoms with van der Waals surface area (Å²) in [5, 5.41) is 12.7. The second-order valence-electron chi connectivity index (χ2n) is 4.68. The van der Waals surface area contributed by atoms with Crippen LogP contribution in [0.2, 0.25) is 0 Å². The molecule has 1 amide bonds. The van der Waals surface area contributed by atoms with Gasteiger partial charge >= 0.3 is 0 Å². The van der Waals surface area contributed by atoms with Gasteiger partial charge in [-0.2, -0.15) is 0 Å². The summed E-state index contributed by atoms with van der Waals surface area (Å²) >= 11 is 8.25. The largest absolute Gasteiger partial charge is 0.507 e. The van der Waals surface area contributed by atoms with Gasteiger partial charge in [-0.05, 0) is 31.0 Å². The fourth-order valence-corrected chi connectivity index (χ4v) is 3.05. The van der Waals surface area contributed by atoms with Gasteiger partial charge in [-0.3, -0.25) is 4.79 Å². The van der Waals surface area contributed by atoms with Crippen LogP contribution in [-0.4, -0.2) is 22.0 Å². The molecule has 2 rings (SSSR count). The Morgan fingerprint density at radius 3 is 2.84 bits per heavy atom. The van der Waals surface area contributed by atoms with Gasteiger partial charge in [0.25, 0.3) is 5.91 Å². The monoisotopic (exact) mass is 342 g/mol. The summed E-state index contributed by atoms with van der Waals surface area (Å²) in [6.07, 6.45) is 2.77. The highest BCUT2D eigenvalue weighted by atomic mass is 79.9. The number of phenols is 1. The number of hydrogen-bond acceptors (Lipinski definition) is 3. The average molecular weight is 343 g/mol. The highest BCUT2D eigenvalue weighted by Crippen LogP contribution is 2.27. The molecule has 4 N–H and O–H groups in total. The van der Waals surface area contributed by atoms with Gasteiger partial charge in [-0.1, -0.05) is 34.6 Å². The van der Waals surface area contributed by atoms with Gasteiger partial charge in [0.1, 0.15) is 5.75 Å². The summed E-state index contributed by atoms with van der Waals surface area (Å²) in [7, 11) is 0. The van der Waals surface area contributed by atoms with Crippen LogP contribution in [0.25, 0.3) is 0 Å². The molecule has 2 unspecified atom stereocenters. The lowest BCUT2D eigenvalue weighted by Gasteiger charge is -2.20. The number of halogens is 1. The highest BCUT2D eigenvalue weighted by molar-refractivity contribution is 9.10. The lowest BCUT2D eigenvalue weighted by atomic mass is 10.0. The SMILES string of the molecule is NC(=S)C1CCCC1NC(=O)c1ccc(Br)cc1O. The van der Waals surface area contributed by atoms with Crippen LogP contribution in [0.15, 0.2) is 22.7 Å². The molecule has 1 aliphatic carbocycles. The highest BCUT2D eigenvalue weighted by Gasteiger charge is 2.31. The first kappa shape index (κ1) is 14.3. The molecule has 1 aliphatic rings. The van der Waals surface area contributed by atoms with Crippen LogP contribution >= 0.6 is 28.1 Å². The predicted octanol–water partition coefficient (Wildman–Crippen LogP) is 2.34. The Hall–Kier alpha value is -1.14. The van der Waals surface area contributed by atoms with Crippen molar-refractivity contribution in [1.82, 2.24) is 5.32 Å². The number of hydrogen-bond donors (Lipinski definition) is 3. The van der Waals surface area contributed by atoms with Gasteiger partial charge in [-0.15, -0.1) is 0 Å². The van der Waals surface area contributed by atoms with Crippen LogP contribution in [0.5, 0.6) is 5.75 Å². The topological polar surface area (TPSA) is 75.3 Å². The zero-order valence-electron chi connectivity index (χ0n) is 10.2. The second kappa shape index (κ2) is 5.88. The van der Waals surface area contributed by atoms with Crippen LogP contribution in [-0.2, 0) is 0 Å². The minimum Gasteiger partial charge on any atom is -0.507 e. The molecule has 2 atom stereocenters. The van der Waals surface area contributed by atoms with E-state index in [1.165, 1.54) is 6.07 Å². The van der Waals surface area contributed by atoms with Crippen LogP contribution in [0.3, 0.4) is 0 Å². The molecule has 19 heavy (non-hydrogen) atoms. The molecule has 1 aromatic rings. The summed E-state index contributed by atoms with van der Waals surface area (Å²) < 4.78 is 0.725. The second-order valence-corrected chi connectivity index (χ2v) is 6.07. The van der Waals surface area contributed by atoms with Crippen molar-refractivity contribution in [3.63, 3.8) is 0 Å². The Balaban J connectivity index is 2.10. The van der Waals surface area contributed by atoms with Crippen molar-refractivity contribution in [3.05, 3.63) is 28.2 Å². The Labute approximate surface area is 125 Å². The number of carbonyl (C=O) groups excluding carboxylic acids is 1. The molecular weight excluding hydrogens is 328 g/mol. The van der Waals surface area contributed by atoms with Crippen molar-refractivity contribution >= 4 is 39.0 Å². The molecular formula is C13H15BrN2O2S. The molecule has 0 saturated heterocycles. The van der Waals surface area contributed by atoms with Crippen molar-refractivity contribution in [2.75, 3.05) is 0 Å². The molecule has 0 aromatic heterocycles. The number of benzene rings is 1. The first-order valence-corrected chi connectivity index (χ1v) is 7.28. The number of rotatable bonds is 3. The van der Waals surface area contributed by atoms with E-state index >= 15 is 0 Å². The van der Waals surface area contributed by atoms with E-state index in [4.69, 9.17) is 18.0 Å². The van der Waals surface area contributed by atoms with E-state index < -0.39 is 0 Å². The minimum atomic E-state index is -0.293. The summed E-state index contributed by atoms with van der Waals surface area (Å²) in [5.74, 6) is -0.286. The van der Waals surface area contributed by atoms with Crippen molar-refractivity contribution in [1.29, 1.82) is 0 Å². The van der Waals surface area contributed by atoms with Gasteiger partial charge in [0, 0.05) is 16.4 Å². The van der Waals surface area contributed by atoms with Gasteiger partial charge in [0.15, 0.2) is 0 Å². The Kier molecular flexibility index (Phi) is 4.42. The van der Waals surface area contributed by atoms with E-state index in [0.717, 1.165) is 23.7 Å². The summed E-state index contributed by atoms with van der Waals surface area (Å²) in [6, 6.07) is 4.76. The Morgan fingerprint density at radius 2 is 2.21 bits per heavy atom. The lowest BCUT2D eigenvalue weighted by Crippen LogP contribution is -2.41. The zero-order chi connectivity index (χ0) is 14.0. The molecule has 0 bridgehead atoms. The first-order chi connectivity index (χ1) is 8.99. The van der Waals surface area contributed by atoms with Gasteiger partial charge in [0.2, 0.25) is 0 Å². The molecule has 0 radical (unpaired) electrons. The fraction of sp³-hybridized carbons (Fsp3) is 0.385. The number of phenolic OH excluding ortho intramolecular Hbond substituents is 1. The van der Waals surface area contributed by atoms with E-state index in [1.807, 2.05) is 0 Å². The third-order valence-electron chi connectivity index (χ3n) is 3.40. The minimum absolute atomic E-state index is 0.0342. The van der Waals surface area contributed by atoms with Crippen LogP contribution in [0, 0.1) is 5.92 Å². The van der Waals surface area contributed by atoms with Crippen molar-refractivity contribution in [3.8, 4) is 5.75 Å². The van der Waals surface area contributed by atoms with E-state index in [-0.39, 0.29) is 29.2 Å². The van der Waals surface area contributed by atoms with Crippen molar-refractivity contribution < 1.29 is 9.90 Å².